The molecule has 0 fully saturated rings. The maximum absolute atomic E-state index is 10.2. The molecule has 2 N–H and O–H groups in total. The summed E-state index contributed by atoms with van der Waals surface area (Å²) in [5.74, 6) is 0.866. The van der Waals surface area contributed by atoms with Gasteiger partial charge in [-0.15, -0.1) is 0 Å². The molecule has 0 heterocycles. The molecule has 3 heteroatoms. The highest BCUT2D eigenvalue weighted by Gasteiger charge is 1.96. The molecule has 0 aliphatic heterocycles. The van der Waals surface area contributed by atoms with Gasteiger partial charge >= 0.3 is 6.09 Å². The van der Waals surface area contributed by atoms with Crippen LogP contribution in [0.5, 0.6) is 0 Å². The molecule has 0 bridgehead atoms. The molecule has 3 nitrogen and oxygen atoms in total. The molecule has 0 unspecified atom stereocenters. The molecule has 0 atom stereocenters. The predicted molar refractivity (Wildman–Crippen MR) is 90.9 cm³/mol. The lowest BCUT2D eigenvalue weighted by Crippen LogP contribution is -2.21. The van der Waals surface area contributed by atoms with Crippen LogP contribution in [0.1, 0.15) is 97.3 Å². The summed E-state index contributed by atoms with van der Waals surface area (Å²) in [7, 11) is 0. The molecule has 0 rings (SSSR count). The van der Waals surface area contributed by atoms with Gasteiger partial charge in [-0.2, -0.15) is 0 Å². The van der Waals surface area contributed by atoms with Crippen molar-refractivity contribution in [2.24, 2.45) is 5.92 Å². The van der Waals surface area contributed by atoms with E-state index in [4.69, 9.17) is 5.11 Å². The summed E-state index contributed by atoms with van der Waals surface area (Å²) in [6.07, 6.45) is 16.4. The van der Waals surface area contributed by atoms with E-state index in [9.17, 15) is 4.79 Å². The monoisotopic (exact) mass is 299 g/mol. The van der Waals surface area contributed by atoms with E-state index >= 15 is 0 Å². The minimum atomic E-state index is -0.904. The summed E-state index contributed by atoms with van der Waals surface area (Å²) in [5.41, 5.74) is 0. The Morgan fingerprint density at radius 1 is 0.762 bits per heavy atom. The summed E-state index contributed by atoms with van der Waals surface area (Å²) < 4.78 is 0. The zero-order valence-electron chi connectivity index (χ0n) is 14.3. The molecule has 126 valence electrons. The Morgan fingerprint density at radius 3 is 1.52 bits per heavy atom. The van der Waals surface area contributed by atoms with Crippen LogP contribution in [0.3, 0.4) is 0 Å². The Kier molecular flexibility index (Phi) is 15.1. The van der Waals surface area contributed by atoms with Crippen molar-refractivity contribution in [3.63, 3.8) is 0 Å². The lowest BCUT2D eigenvalue weighted by atomic mass is 10.0. The predicted octanol–water partition coefficient (Wildman–Crippen LogP) is 5.98. The third kappa shape index (κ3) is 19.3. The van der Waals surface area contributed by atoms with Crippen LogP contribution in [0, 0.1) is 5.92 Å². The average molecular weight is 299 g/mol. The Hall–Kier alpha value is -0.730. The molecule has 0 aromatic carbocycles. The highest BCUT2D eigenvalue weighted by atomic mass is 16.4. The lowest BCUT2D eigenvalue weighted by Gasteiger charge is -2.05. The van der Waals surface area contributed by atoms with Crippen LogP contribution >= 0.6 is 0 Å². The Morgan fingerprint density at radius 2 is 1.14 bits per heavy atom. The molecule has 0 aliphatic carbocycles. The zero-order chi connectivity index (χ0) is 15.8. The van der Waals surface area contributed by atoms with Gasteiger partial charge in [-0.1, -0.05) is 90.9 Å². The molecule has 0 aromatic rings. The second-order valence-electron chi connectivity index (χ2n) is 6.66. The van der Waals surface area contributed by atoms with Gasteiger partial charge in [0.05, 0.1) is 0 Å². The Balaban J connectivity index is 2.98. The lowest BCUT2D eigenvalue weighted by molar-refractivity contribution is 0.194. The second kappa shape index (κ2) is 15.7. The van der Waals surface area contributed by atoms with Crippen LogP contribution in [0.15, 0.2) is 0 Å². The van der Waals surface area contributed by atoms with Crippen molar-refractivity contribution in [2.45, 2.75) is 97.3 Å². The molecule has 0 radical (unpaired) electrons. The molecule has 21 heavy (non-hydrogen) atoms. The van der Waals surface area contributed by atoms with E-state index in [1.165, 1.54) is 70.6 Å². The van der Waals surface area contributed by atoms with Crippen molar-refractivity contribution < 1.29 is 9.90 Å². The van der Waals surface area contributed by atoms with E-state index in [2.05, 4.69) is 19.2 Å². The number of carboxylic acid groups (broad SMARTS) is 1. The highest BCUT2D eigenvalue weighted by molar-refractivity contribution is 5.64. The first-order chi connectivity index (χ1) is 10.1. The smallest absolute Gasteiger partial charge is 0.404 e. The number of nitrogens with one attached hydrogen (secondary N) is 1. The van der Waals surface area contributed by atoms with Crippen LogP contribution in [-0.2, 0) is 0 Å². The van der Waals surface area contributed by atoms with E-state index in [-0.39, 0.29) is 0 Å². The van der Waals surface area contributed by atoms with Crippen LogP contribution in [0.4, 0.5) is 4.79 Å². The number of amides is 1. The maximum Gasteiger partial charge on any atom is 0.404 e. The van der Waals surface area contributed by atoms with Gasteiger partial charge < -0.3 is 10.4 Å². The van der Waals surface area contributed by atoms with Gasteiger partial charge in [0.2, 0.25) is 0 Å². The van der Waals surface area contributed by atoms with E-state index in [1.54, 1.807) is 0 Å². The summed E-state index contributed by atoms with van der Waals surface area (Å²) in [5, 5.41) is 10.8. The van der Waals surface area contributed by atoms with Crippen molar-refractivity contribution in [3.05, 3.63) is 0 Å². The van der Waals surface area contributed by atoms with E-state index in [0.717, 1.165) is 18.8 Å². The van der Waals surface area contributed by atoms with Crippen LogP contribution in [0.2, 0.25) is 0 Å². The minimum absolute atomic E-state index is 0.603. The van der Waals surface area contributed by atoms with Crippen LogP contribution < -0.4 is 5.32 Å². The fourth-order valence-electron chi connectivity index (χ4n) is 2.64. The van der Waals surface area contributed by atoms with Gasteiger partial charge in [0, 0.05) is 6.54 Å². The Labute approximate surface area is 131 Å². The minimum Gasteiger partial charge on any atom is -0.465 e. The maximum atomic E-state index is 10.2. The van der Waals surface area contributed by atoms with Gasteiger partial charge in [0.15, 0.2) is 0 Å². The summed E-state index contributed by atoms with van der Waals surface area (Å²) in [6, 6.07) is 0. The standard InChI is InChI=1S/C18H37NO2/c1-17(2)15-13-11-9-7-5-3-4-6-8-10-12-14-16-19-18(20)21/h17,19H,3-16H2,1-2H3,(H,20,21). The first kappa shape index (κ1) is 20.3. The third-order valence-corrected chi connectivity index (χ3v) is 3.98. The van der Waals surface area contributed by atoms with Gasteiger partial charge in [0.25, 0.3) is 0 Å². The molecular weight excluding hydrogens is 262 g/mol. The number of rotatable bonds is 15. The van der Waals surface area contributed by atoms with Gasteiger partial charge in [-0.3, -0.25) is 0 Å². The van der Waals surface area contributed by atoms with Crippen molar-refractivity contribution in [1.82, 2.24) is 5.32 Å². The van der Waals surface area contributed by atoms with E-state index in [0.29, 0.717) is 6.54 Å². The van der Waals surface area contributed by atoms with Gasteiger partial charge in [0.1, 0.15) is 0 Å². The van der Waals surface area contributed by atoms with E-state index in [1.807, 2.05) is 0 Å². The molecular formula is C18H37NO2. The highest BCUT2D eigenvalue weighted by Crippen LogP contribution is 2.13. The van der Waals surface area contributed by atoms with Gasteiger partial charge in [-0.25, -0.2) is 4.79 Å². The average Bonchev–Trinajstić information content (AvgIpc) is 2.42. The Bertz CT molecular complexity index is 229. The topological polar surface area (TPSA) is 49.3 Å². The number of hydrogen-bond donors (Lipinski definition) is 2. The van der Waals surface area contributed by atoms with Crippen molar-refractivity contribution in [2.75, 3.05) is 6.54 Å². The third-order valence-electron chi connectivity index (χ3n) is 3.98. The van der Waals surface area contributed by atoms with E-state index < -0.39 is 6.09 Å². The quantitative estimate of drug-likeness (QED) is 0.365. The molecule has 0 spiro atoms. The largest absolute Gasteiger partial charge is 0.465 e. The zero-order valence-corrected chi connectivity index (χ0v) is 14.3. The fraction of sp³-hybridized carbons (Fsp3) is 0.944. The molecule has 0 saturated heterocycles. The molecule has 0 aromatic heterocycles. The van der Waals surface area contributed by atoms with Crippen molar-refractivity contribution in [3.8, 4) is 0 Å². The van der Waals surface area contributed by atoms with Crippen molar-refractivity contribution >= 4 is 6.09 Å². The summed E-state index contributed by atoms with van der Waals surface area (Å²) >= 11 is 0. The van der Waals surface area contributed by atoms with Crippen LogP contribution in [-0.4, -0.2) is 17.7 Å². The number of unbranched alkanes of at least 4 members (excludes halogenated alkanes) is 11. The number of hydrogen-bond acceptors (Lipinski definition) is 1. The summed E-state index contributed by atoms with van der Waals surface area (Å²) in [6.45, 7) is 5.22. The second-order valence-corrected chi connectivity index (χ2v) is 6.66. The molecule has 0 aliphatic rings. The van der Waals surface area contributed by atoms with Crippen molar-refractivity contribution in [1.29, 1.82) is 0 Å². The first-order valence-corrected chi connectivity index (χ1v) is 9.09. The fourth-order valence-corrected chi connectivity index (χ4v) is 2.64. The number of carbonyl (C=O) groups is 1. The van der Waals surface area contributed by atoms with Crippen LogP contribution in [0.25, 0.3) is 0 Å². The molecule has 1 amide bonds. The molecule has 0 saturated carbocycles. The SMILES string of the molecule is CC(C)CCCCCCCCCCCCCCNC(=O)O. The first-order valence-electron chi connectivity index (χ1n) is 9.09. The summed E-state index contributed by atoms with van der Waals surface area (Å²) in [4.78, 5) is 10.2. The van der Waals surface area contributed by atoms with Gasteiger partial charge in [-0.05, 0) is 12.3 Å². The normalized spacial score (nSPS) is 11.0.